The van der Waals surface area contributed by atoms with Gasteiger partial charge in [0.15, 0.2) is 0 Å². The largest absolute Gasteiger partial charge is 0.461 e. The molecule has 0 radical (unpaired) electrons. The number of benzene rings is 1. The molecule has 6 nitrogen and oxygen atoms in total. The van der Waals surface area contributed by atoms with Crippen LogP contribution in [-0.2, 0) is 25.4 Å². The molecule has 0 aliphatic carbocycles. The van der Waals surface area contributed by atoms with Gasteiger partial charge in [0.1, 0.15) is 17.7 Å². The van der Waals surface area contributed by atoms with E-state index in [2.05, 4.69) is 24.4 Å². The van der Waals surface area contributed by atoms with Crippen LogP contribution in [-0.4, -0.2) is 42.5 Å². The second-order valence-electron chi connectivity index (χ2n) is 9.03. The third-order valence-corrected chi connectivity index (χ3v) is 5.25. The molecule has 1 heterocycles. The summed E-state index contributed by atoms with van der Waals surface area (Å²) in [7, 11) is 0. The molecule has 4 atom stereocenters. The Kier molecular flexibility index (Phi) is 9.15. The molecule has 2 rings (SSSR count). The molecule has 1 amide bonds. The molecule has 1 saturated heterocycles. The molecule has 1 aliphatic rings. The van der Waals surface area contributed by atoms with E-state index in [9.17, 15) is 9.59 Å². The maximum absolute atomic E-state index is 12.8. The molecule has 1 N–H and O–H groups in total. The first-order valence-corrected chi connectivity index (χ1v) is 11.0. The fourth-order valence-corrected chi connectivity index (χ4v) is 3.70. The summed E-state index contributed by atoms with van der Waals surface area (Å²) in [6.07, 6.45) is 3.21. The predicted molar refractivity (Wildman–Crippen MR) is 116 cm³/mol. The zero-order valence-corrected chi connectivity index (χ0v) is 19.0. The molecule has 1 aromatic carbocycles. The topological polar surface area (TPSA) is 73.9 Å². The van der Waals surface area contributed by atoms with Gasteiger partial charge in [0.2, 0.25) is 0 Å². The normalized spacial score (nSPS) is 25.4. The van der Waals surface area contributed by atoms with Crippen molar-refractivity contribution in [1.82, 2.24) is 5.32 Å². The fourth-order valence-electron chi connectivity index (χ4n) is 3.70. The Morgan fingerprint density at radius 1 is 1.23 bits per heavy atom. The average molecular weight is 420 g/mol. The van der Waals surface area contributed by atoms with E-state index in [4.69, 9.17) is 14.2 Å². The summed E-state index contributed by atoms with van der Waals surface area (Å²) in [4.78, 5) is 25.0. The van der Waals surface area contributed by atoms with Crippen LogP contribution >= 0.6 is 0 Å². The highest BCUT2D eigenvalue weighted by Gasteiger charge is 2.35. The number of carbonyl (C=O) groups is 2. The number of unbranched alkanes of at least 4 members (excludes halogenated alkanes) is 1. The van der Waals surface area contributed by atoms with Crippen LogP contribution in [0.1, 0.15) is 65.9 Å². The van der Waals surface area contributed by atoms with E-state index in [1.165, 1.54) is 5.56 Å². The van der Waals surface area contributed by atoms with E-state index in [0.717, 1.165) is 25.7 Å². The van der Waals surface area contributed by atoms with E-state index in [0.29, 0.717) is 13.0 Å². The molecule has 1 aromatic rings. The summed E-state index contributed by atoms with van der Waals surface area (Å²) in [5.41, 5.74) is 0.556. The number of alkyl carbamates (subject to hydrolysis) is 1. The lowest BCUT2D eigenvalue weighted by molar-refractivity contribution is -0.154. The maximum Gasteiger partial charge on any atom is 0.408 e. The van der Waals surface area contributed by atoms with Gasteiger partial charge in [-0.05, 0) is 46.1 Å². The van der Waals surface area contributed by atoms with Crippen LogP contribution in [0.25, 0.3) is 0 Å². The second-order valence-corrected chi connectivity index (χ2v) is 9.03. The van der Waals surface area contributed by atoms with Crippen LogP contribution in [0.2, 0.25) is 0 Å². The van der Waals surface area contributed by atoms with Crippen molar-refractivity contribution in [3.63, 3.8) is 0 Å². The standard InChI is InChI=1S/C24H37NO5/c1-6-7-13-21-19(16-18-11-9-8-10-12-18)17(2)29-22(26)20(14-15-28-21)25-23(27)30-24(3,4)5/h8-12,17,19-21H,6-7,13-16H2,1-5H3,(H,25,27)/t17-,19-,20-,21+/m0/s1. The van der Waals surface area contributed by atoms with Gasteiger partial charge < -0.3 is 19.5 Å². The molecule has 168 valence electrons. The molecular formula is C24H37NO5. The van der Waals surface area contributed by atoms with Crippen molar-refractivity contribution >= 4 is 12.1 Å². The van der Waals surface area contributed by atoms with Crippen LogP contribution in [0.5, 0.6) is 0 Å². The third-order valence-electron chi connectivity index (χ3n) is 5.25. The van der Waals surface area contributed by atoms with Crippen molar-refractivity contribution in [2.24, 2.45) is 5.92 Å². The molecule has 0 unspecified atom stereocenters. The van der Waals surface area contributed by atoms with Gasteiger partial charge >= 0.3 is 12.1 Å². The van der Waals surface area contributed by atoms with Crippen molar-refractivity contribution in [3.8, 4) is 0 Å². The summed E-state index contributed by atoms with van der Waals surface area (Å²) in [6, 6.07) is 9.42. The van der Waals surface area contributed by atoms with Crippen molar-refractivity contribution in [2.45, 2.75) is 90.6 Å². The minimum absolute atomic E-state index is 0.00627. The Balaban J connectivity index is 2.14. The van der Waals surface area contributed by atoms with Crippen LogP contribution in [0.4, 0.5) is 4.79 Å². The first-order valence-electron chi connectivity index (χ1n) is 11.0. The predicted octanol–water partition coefficient (Wildman–Crippen LogP) is 4.65. The highest BCUT2D eigenvalue weighted by atomic mass is 16.6. The van der Waals surface area contributed by atoms with Gasteiger partial charge in [0.05, 0.1) is 6.10 Å². The van der Waals surface area contributed by atoms with Gasteiger partial charge in [-0.2, -0.15) is 0 Å². The highest BCUT2D eigenvalue weighted by molar-refractivity contribution is 5.81. The Morgan fingerprint density at radius 2 is 1.93 bits per heavy atom. The average Bonchev–Trinajstić information content (AvgIpc) is 2.71. The summed E-state index contributed by atoms with van der Waals surface area (Å²) in [5, 5.41) is 2.65. The van der Waals surface area contributed by atoms with Gasteiger partial charge in [-0.1, -0.05) is 50.1 Å². The highest BCUT2D eigenvalue weighted by Crippen LogP contribution is 2.27. The van der Waals surface area contributed by atoms with E-state index in [1.54, 1.807) is 20.8 Å². The molecule has 30 heavy (non-hydrogen) atoms. The van der Waals surface area contributed by atoms with Gasteiger partial charge in [-0.15, -0.1) is 0 Å². The maximum atomic E-state index is 12.8. The number of hydrogen-bond acceptors (Lipinski definition) is 5. The quantitative estimate of drug-likeness (QED) is 0.680. The Hall–Kier alpha value is -2.08. The minimum Gasteiger partial charge on any atom is -0.461 e. The first-order chi connectivity index (χ1) is 14.2. The number of nitrogens with one attached hydrogen (secondary N) is 1. The van der Waals surface area contributed by atoms with E-state index < -0.39 is 23.7 Å². The fraction of sp³-hybridized carbons (Fsp3) is 0.667. The number of hydrogen-bond donors (Lipinski definition) is 1. The summed E-state index contributed by atoms with van der Waals surface area (Å²) in [6.45, 7) is 9.81. The SMILES string of the molecule is CCCC[C@H]1OCC[C@H](NC(=O)OC(C)(C)C)C(=O)O[C@@H](C)[C@@H]1Cc1ccccc1. The Morgan fingerprint density at radius 3 is 2.57 bits per heavy atom. The van der Waals surface area contributed by atoms with E-state index in [-0.39, 0.29) is 18.1 Å². The van der Waals surface area contributed by atoms with Crippen LogP contribution in [0.15, 0.2) is 30.3 Å². The molecule has 1 aliphatic heterocycles. The lowest BCUT2D eigenvalue weighted by Gasteiger charge is -2.31. The Labute approximate surface area is 180 Å². The van der Waals surface area contributed by atoms with E-state index >= 15 is 0 Å². The summed E-state index contributed by atoms with van der Waals surface area (Å²) in [5.74, 6) is -0.394. The molecule has 0 bridgehead atoms. The summed E-state index contributed by atoms with van der Waals surface area (Å²) < 4.78 is 17.4. The number of esters is 1. The van der Waals surface area contributed by atoms with Gasteiger partial charge in [0, 0.05) is 18.9 Å². The number of rotatable bonds is 6. The molecule has 0 aromatic heterocycles. The Bertz CT molecular complexity index is 670. The van der Waals surface area contributed by atoms with E-state index in [1.807, 2.05) is 25.1 Å². The zero-order chi connectivity index (χ0) is 22.1. The second kappa shape index (κ2) is 11.3. The first kappa shape index (κ1) is 24.2. The van der Waals surface area contributed by atoms with Crippen LogP contribution in [0, 0.1) is 5.92 Å². The van der Waals surface area contributed by atoms with Crippen molar-refractivity contribution in [2.75, 3.05) is 6.61 Å². The van der Waals surface area contributed by atoms with Crippen LogP contribution in [0.3, 0.4) is 0 Å². The molecule has 0 spiro atoms. The molecule has 0 saturated carbocycles. The zero-order valence-electron chi connectivity index (χ0n) is 19.0. The lowest BCUT2D eigenvalue weighted by atomic mass is 9.87. The minimum atomic E-state index is -0.787. The summed E-state index contributed by atoms with van der Waals surface area (Å²) >= 11 is 0. The van der Waals surface area contributed by atoms with Gasteiger partial charge in [-0.3, -0.25) is 0 Å². The van der Waals surface area contributed by atoms with Gasteiger partial charge in [-0.25, -0.2) is 9.59 Å². The smallest absolute Gasteiger partial charge is 0.408 e. The van der Waals surface area contributed by atoms with Crippen molar-refractivity contribution in [1.29, 1.82) is 0 Å². The number of ether oxygens (including phenoxy) is 3. The van der Waals surface area contributed by atoms with Crippen molar-refractivity contribution in [3.05, 3.63) is 35.9 Å². The van der Waals surface area contributed by atoms with Crippen molar-refractivity contribution < 1.29 is 23.8 Å². The third kappa shape index (κ3) is 7.98. The number of carbonyl (C=O) groups excluding carboxylic acids is 2. The molecule has 1 fully saturated rings. The van der Waals surface area contributed by atoms with Gasteiger partial charge in [0.25, 0.3) is 0 Å². The monoisotopic (exact) mass is 419 g/mol. The number of cyclic esters (lactones) is 1. The number of amides is 1. The molecule has 6 heteroatoms. The molecular weight excluding hydrogens is 382 g/mol. The van der Waals surface area contributed by atoms with Crippen LogP contribution < -0.4 is 5.32 Å². The lowest BCUT2D eigenvalue weighted by Crippen LogP contribution is -2.45.